The van der Waals surface area contributed by atoms with E-state index in [1.165, 1.54) is 19.0 Å². The molecule has 5 atom stereocenters. The Balaban J connectivity index is 1.70. The number of rotatable bonds is 4. The van der Waals surface area contributed by atoms with E-state index in [4.69, 9.17) is 5.73 Å². The number of phenols is 1. The van der Waals surface area contributed by atoms with Crippen LogP contribution in [0.5, 0.6) is 5.75 Å². The number of hydrogen-bond donors (Lipinski definition) is 5. The van der Waals surface area contributed by atoms with Crippen LogP contribution in [0.2, 0.25) is 0 Å². The number of carbonyl (C=O) groups excluding carboxylic acids is 3. The highest BCUT2D eigenvalue weighted by molar-refractivity contribution is 6.24. The van der Waals surface area contributed by atoms with Gasteiger partial charge in [-0.15, -0.1) is 0 Å². The van der Waals surface area contributed by atoms with Gasteiger partial charge in [-0.25, -0.2) is 4.39 Å². The summed E-state index contributed by atoms with van der Waals surface area (Å²) in [5, 5.41) is 45.0. The van der Waals surface area contributed by atoms with Gasteiger partial charge in [0.05, 0.1) is 11.6 Å². The van der Waals surface area contributed by atoms with Gasteiger partial charge in [0.1, 0.15) is 28.7 Å². The minimum atomic E-state index is -2.72. The van der Waals surface area contributed by atoms with Crippen molar-refractivity contribution in [3.63, 3.8) is 0 Å². The summed E-state index contributed by atoms with van der Waals surface area (Å²) in [5.74, 6) is -7.96. The highest BCUT2D eigenvalue weighted by atomic mass is 19.1. The molecule has 0 bridgehead atoms. The molecule has 5 rings (SSSR count). The van der Waals surface area contributed by atoms with Gasteiger partial charge in [-0.2, -0.15) is 0 Å². The molecule has 1 aromatic rings. The average Bonchev–Trinajstić information content (AvgIpc) is 3.30. The highest BCUT2D eigenvalue weighted by Gasteiger charge is 2.64. The van der Waals surface area contributed by atoms with Gasteiger partial charge in [0.15, 0.2) is 11.4 Å². The summed E-state index contributed by atoms with van der Waals surface area (Å²) in [6, 6.07) is -1.06. The molecular formula is C27H32FN3O7. The zero-order valence-electron chi connectivity index (χ0n) is 21.7. The van der Waals surface area contributed by atoms with Crippen LogP contribution in [0.15, 0.2) is 16.9 Å². The number of carbonyl (C=O) groups is 3. The van der Waals surface area contributed by atoms with E-state index in [0.717, 1.165) is 6.42 Å². The van der Waals surface area contributed by atoms with E-state index in [-0.39, 0.29) is 47.9 Å². The molecule has 3 aliphatic carbocycles. The first-order valence-corrected chi connectivity index (χ1v) is 12.7. The number of benzene rings is 1. The Morgan fingerprint density at radius 1 is 1.18 bits per heavy atom. The lowest BCUT2D eigenvalue weighted by atomic mass is 9.57. The van der Waals surface area contributed by atoms with Crippen LogP contribution < -0.4 is 5.73 Å². The molecule has 1 aliphatic heterocycles. The number of Topliss-reactive ketones (excluding diaryl/α,β-unsaturated/α-hetero) is 2. The number of likely N-dealkylation sites (N-methyl/N-ethyl adjacent to an activating group) is 1. The molecular weight excluding hydrogens is 497 g/mol. The van der Waals surface area contributed by atoms with Gasteiger partial charge in [0.2, 0.25) is 5.78 Å². The normalized spacial score (nSPS) is 29.8. The Bertz CT molecular complexity index is 1370. The lowest BCUT2D eigenvalue weighted by Crippen LogP contribution is -2.65. The van der Waals surface area contributed by atoms with Gasteiger partial charge in [-0.05, 0) is 46.2 Å². The number of ketones is 2. The third kappa shape index (κ3) is 3.25. The van der Waals surface area contributed by atoms with Crippen molar-refractivity contribution < 1.29 is 39.2 Å². The van der Waals surface area contributed by atoms with Crippen molar-refractivity contribution >= 4 is 23.2 Å². The van der Waals surface area contributed by atoms with Crippen LogP contribution in [0, 0.1) is 17.7 Å². The van der Waals surface area contributed by atoms with E-state index >= 15 is 4.39 Å². The van der Waals surface area contributed by atoms with Crippen molar-refractivity contribution in [1.82, 2.24) is 9.80 Å². The molecule has 38 heavy (non-hydrogen) atoms. The van der Waals surface area contributed by atoms with Crippen LogP contribution in [0.25, 0.3) is 5.76 Å². The first-order chi connectivity index (χ1) is 17.8. The summed E-state index contributed by atoms with van der Waals surface area (Å²) in [4.78, 5) is 42.5. The summed E-state index contributed by atoms with van der Waals surface area (Å²) in [5.41, 5.74) is 2.00. The Morgan fingerprint density at radius 2 is 1.82 bits per heavy atom. The maximum Gasteiger partial charge on any atom is 0.255 e. The van der Waals surface area contributed by atoms with Crippen molar-refractivity contribution in [3.05, 3.63) is 45.0 Å². The number of phenolic OH excluding ortho intramolecular Hbond substituents is 1. The Labute approximate surface area is 218 Å². The lowest BCUT2D eigenvalue weighted by Gasteiger charge is -2.50. The van der Waals surface area contributed by atoms with Crippen LogP contribution in [0.1, 0.15) is 48.9 Å². The smallest absolute Gasteiger partial charge is 0.255 e. The van der Waals surface area contributed by atoms with Crippen LogP contribution in [-0.2, 0) is 33.9 Å². The van der Waals surface area contributed by atoms with E-state index in [1.54, 1.807) is 0 Å². The second-order valence-corrected chi connectivity index (χ2v) is 11.1. The number of amides is 1. The highest BCUT2D eigenvalue weighted by Crippen LogP contribution is 2.54. The lowest BCUT2D eigenvalue weighted by molar-refractivity contribution is -0.153. The average molecular weight is 530 g/mol. The van der Waals surface area contributed by atoms with Crippen LogP contribution >= 0.6 is 0 Å². The molecule has 0 spiro atoms. The minimum Gasteiger partial charge on any atom is -0.508 e. The quantitative estimate of drug-likeness (QED) is 0.361. The third-order valence-electron chi connectivity index (χ3n) is 8.97. The maximum atomic E-state index is 15.9. The van der Waals surface area contributed by atoms with Crippen molar-refractivity contribution in [2.45, 2.75) is 63.9 Å². The predicted molar refractivity (Wildman–Crippen MR) is 133 cm³/mol. The molecule has 1 aromatic carbocycles. The Morgan fingerprint density at radius 3 is 2.39 bits per heavy atom. The zero-order chi connectivity index (χ0) is 28.0. The van der Waals surface area contributed by atoms with Gasteiger partial charge >= 0.3 is 0 Å². The predicted octanol–water partition coefficient (Wildman–Crippen LogP) is 1.22. The number of halogens is 1. The number of fused-ring (bicyclic) bond motifs is 4. The number of nitrogens with zero attached hydrogens (tertiary/aromatic N) is 2. The van der Waals surface area contributed by atoms with Crippen LogP contribution in [0.4, 0.5) is 4.39 Å². The van der Waals surface area contributed by atoms with E-state index in [2.05, 4.69) is 0 Å². The molecule has 1 fully saturated rings. The van der Waals surface area contributed by atoms with Crippen molar-refractivity contribution in [2.75, 3.05) is 14.1 Å². The molecule has 0 aromatic heterocycles. The maximum absolute atomic E-state index is 15.9. The Hall–Kier alpha value is -3.28. The first-order valence-electron chi connectivity index (χ1n) is 12.7. The Kier molecular flexibility index (Phi) is 5.97. The summed E-state index contributed by atoms with van der Waals surface area (Å²) in [6.45, 7) is 4.57. The van der Waals surface area contributed by atoms with Crippen LogP contribution in [-0.4, -0.2) is 79.5 Å². The van der Waals surface area contributed by atoms with Gasteiger partial charge < -0.3 is 26.2 Å². The summed E-state index contributed by atoms with van der Waals surface area (Å²) in [7, 11) is 3.05. The number of primary amides is 1. The van der Waals surface area contributed by atoms with Gasteiger partial charge in [-0.1, -0.05) is 6.92 Å². The molecule has 1 unspecified atom stereocenters. The van der Waals surface area contributed by atoms with E-state index in [0.29, 0.717) is 17.7 Å². The second kappa shape index (κ2) is 8.62. The van der Waals surface area contributed by atoms with Crippen LogP contribution in [0.3, 0.4) is 0 Å². The standard InChI is InChI=1S/C27H32FN3O7/c1-5-10(2)31-8-13-14(9-31)21(32)17-12(19(13)28)6-11-7-15-20(30(3)4)23(34)18(26(29)37)25(36)27(15,38)24(35)16(11)22(17)33/h10-11,15,20,32-33,36,38H,5-9H2,1-4H3,(H2,29,37)/t10-,11?,15+,20+,27+/m1/s1. The van der Waals surface area contributed by atoms with E-state index < -0.39 is 63.9 Å². The molecule has 4 aliphatic rings. The molecule has 1 saturated carbocycles. The van der Waals surface area contributed by atoms with Crippen molar-refractivity contribution in [1.29, 1.82) is 0 Å². The van der Waals surface area contributed by atoms with Gasteiger partial charge in [-0.3, -0.25) is 24.2 Å². The molecule has 1 heterocycles. The summed E-state index contributed by atoms with van der Waals surface area (Å²) < 4.78 is 15.9. The van der Waals surface area contributed by atoms with Crippen molar-refractivity contribution in [3.8, 4) is 5.75 Å². The fourth-order valence-corrected chi connectivity index (χ4v) is 6.81. The number of nitrogens with two attached hydrogens (primary N) is 1. The largest absolute Gasteiger partial charge is 0.508 e. The fourth-order valence-electron chi connectivity index (χ4n) is 6.81. The fraction of sp³-hybridized carbons (Fsp3) is 0.519. The number of aliphatic hydroxyl groups excluding tert-OH is 2. The minimum absolute atomic E-state index is 0.0649. The molecule has 204 valence electrons. The van der Waals surface area contributed by atoms with Gasteiger partial charge in [0.25, 0.3) is 5.91 Å². The second-order valence-electron chi connectivity index (χ2n) is 11.1. The van der Waals surface area contributed by atoms with E-state index in [9.17, 15) is 34.8 Å². The SMILES string of the molecule is CC[C@@H](C)N1Cc2c(O)c3c(c(F)c2C1)CC1C[C@H]2[C@H](N(C)C)C(=O)C(C(N)=O)=C(O)[C@@]2(O)C(=O)C1=C3O. The molecule has 6 N–H and O–H groups in total. The molecule has 11 heteroatoms. The van der Waals surface area contributed by atoms with Crippen molar-refractivity contribution in [2.24, 2.45) is 17.6 Å². The summed E-state index contributed by atoms with van der Waals surface area (Å²) in [6.07, 6.45) is 0.671. The molecule has 10 nitrogen and oxygen atoms in total. The third-order valence-corrected chi connectivity index (χ3v) is 8.97. The number of aromatic hydroxyl groups is 1. The topological polar surface area (TPSA) is 165 Å². The van der Waals surface area contributed by atoms with Gasteiger partial charge in [0, 0.05) is 47.3 Å². The molecule has 1 amide bonds. The molecule has 0 radical (unpaired) electrons. The first kappa shape index (κ1) is 26.3. The number of hydrogen-bond acceptors (Lipinski definition) is 9. The van der Waals surface area contributed by atoms with E-state index in [1.807, 2.05) is 18.7 Å². The zero-order valence-corrected chi connectivity index (χ0v) is 21.7. The molecule has 0 saturated heterocycles. The number of aliphatic hydroxyl groups is 3. The monoisotopic (exact) mass is 529 g/mol. The summed E-state index contributed by atoms with van der Waals surface area (Å²) >= 11 is 0.